The summed E-state index contributed by atoms with van der Waals surface area (Å²) < 4.78 is 16.2. The van der Waals surface area contributed by atoms with Crippen LogP contribution in [0.1, 0.15) is 25.5 Å². The van der Waals surface area contributed by atoms with Crippen LogP contribution in [0.5, 0.6) is 0 Å². The van der Waals surface area contributed by atoms with Gasteiger partial charge in [-0.1, -0.05) is 13.3 Å². The fourth-order valence-corrected chi connectivity index (χ4v) is 2.20. The van der Waals surface area contributed by atoms with E-state index in [0.717, 1.165) is 35.5 Å². The van der Waals surface area contributed by atoms with Crippen LogP contribution < -0.4 is 5.32 Å². The van der Waals surface area contributed by atoms with Gasteiger partial charge in [-0.05, 0) is 47.5 Å². The van der Waals surface area contributed by atoms with Crippen molar-refractivity contribution >= 4 is 27.6 Å². The molecule has 0 saturated heterocycles. The third-order valence-corrected chi connectivity index (χ3v) is 3.52. The Morgan fingerprint density at radius 2 is 2.21 bits per heavy atom. The van der Waals surface area contributed by atoms with E-state index in [0.29, 0.717) is 5.69 Å². The van der Waals surface area contributed by atoms with Gasteiger partial charge in [0.15, 0.2) is 0 Å². The van der Waals surface area contributed by atoms with Crippen LogP contribution in [0.15, 0.2) is 28.9 Å². The fourth-order valence-electron chi connectivity index (χ4n) is 1.86. The van der Waals surface area contributed by atoms with Gasteiger partial charge in [0.05, 0.1) is 11.4 Å². The molecule has 0 unspecified atom stereocenters. The van der Waals surface area contributed by atoms with Crippen molar-refractivity contribution in [3.63, 3.8) is 0 Å². The molecule has 3 nitrogen and oxygen atoms in total. The van der Waals surface area contributed by atoms with Crippen molar-refractivity contribution in [1.29, 1.82) is 0 Å². The number of aryl methyl sites for hydroxylation is 2. The molecule has 0 aliphatic rings. The second kappa shape index (κ2) is 6.19. The van der Waals surface area contributed by atoms with Gasteiger partial charge in [0.25, 0.3) is 0 Å². The van der Waals surface area contributed by atoms with Crippen molar-refractivity contribution < 1.29 is 4.39 Å². The molecule has 0 saturated carbocycles. The van der Waals surface area contributed by atoms with E-state index in [4.69, 9.17) is 0 Å². The molecule has 0 aliphatic heterocycles. The van der Waals surface area contributed by atoms with Gasteiger partial charge in [-0.15, -0.1) is 0 Å². The maximum absolute atomic E-state index is 13.3. The number of unbranched alkanes of at least 4 members (excludes halogenated alkanes) is 1. The van der Waals surface area contributed by atoms with E-state index in [1.165, 1.54) is 12.1 Å². The summed E-state index contributed by atoms with van der Waals surface area (Å²) in [5.74, 6) is 0.478. The second-order valence-corrected chi connectivity index (χ2v) is 5.36. The molecule has 1 aromatic heterocycles. The third kappa shape index (κ3) is 3.56. The average Bonchev–Trinajstić information content (AvgIpc) is 2.71. The molecule has 1 heterocycles. The van der Waals surface area contributed by atoms with Crippen LogP contribution in [0.25, 0.3) is 0 Å². The molecule has 0 atom stereocenters. The molecule has 0 radical (unpaired) electrons. The largest absolute Gasteiger partial charge is 0.324 e. The predicted molar refractivity (Wildman–Crippen MR) is 79.3 cm³/mol. The Kier molecular flexibility index (Phi) is 4.58. The average molecular weight is 326 g/mol. The summed E-state index contributed by atoms with van der Waals surface area (Å²) in [5.41, 5.74) is 1.63. The van der Waals surface area contributed by atoms with Crippen molar-refractivity contribution in [2.24, 2.45) is 0 Å². The Labute approximate surface area is 121 Å². The molecule has 1 aromatic carbocycles. The van der Waals surface area contributed by atoms with Crippen molar-refractivity contribution in [3.05, 3.63) is 40.4 Å². The quantitative estimate of drug-likeness (QED) is 0.868. The second-order valence-electron chi connectivity index (χ2n) is 4.50. The fraction of sp³-hybridized carbons (Fsp3) is 0.357. The topological polar surface area (TPSA) is 29.9 Å². The first-order valence-electron chi connectivity index (χ1n) is 6.36. The highest BCUT2D eigenvalue weighted by Gasteiger charge is 2.08. The number of imidazole rings is 1. The zero-order valence-electron chi connectivity index (χ0n) is 11.1. The zero-order valence-corrected chi connectivity index (χ0v) is 12.7. The summed E-state index contributed by atoms with van der Waals surface area (Å²) in [5, 5.41) is 3.18. The van der Waals surface area contributed by atoms with Crippen LogP contribution in [-0.2, 0) is 6.54 Å². The van der Waals surface area contributed by atoms with Crippen molar-refractivity contribution in [2.75, 3.05) is 5.32 Å². The highest BCUT2D eigenvalue weighted by Crippen LogP contribution is 2.26. The summed E-state index contributed by atoms with van der Waals surface area (Å²) >= 11 is 3.41. The van der Waals surface area contributed by atoms with Crippen LogP contribution >= 0.6 is 15.9 Å². The molecule has 19 heavy (non-hydrogen) atoms. The number of hydrogen-bond acceptors (Lipinski definition) is 2. The van der Waals surface area contributed by atoms with Crippen molar-refractivity contribution in [2.45, 2.75) is 33.2 Å². The molecule has 2 rings (SSSR count). The van der Waals surface area contributed by atoms with Gasteiger partial charge in [0.2, 0.25) is 5.95 Å². The van der Waals surface area contributed by atoms with E-state index in [1.54, 1.807) is 6.07 Å². The minimum absolute atomic E-state index is 0.269. The normalized spacial score (nSPS) is 10.7. The number of aromatic nitrogens is 2. The molecule has 102 valence electrons. The van der Waals surface area contributed by atoms with Gasteiger partial charge in [-0.3, -0.25) is 0 Å². The lowest BCUT2D eigenvalue weighted by Crippen LogP contribution is -2.03. The Bertz CT molecular complexity index is 566. The van der Waals surface area contributed by atoms with Gasteiger partial charge in [0, 0.05) is 17.2 Å². The van der Waals surface area contributed by atoms with Gasteiger partial charge in [-0.2, -0.15) is 0 Å². The molecule has 1 N–H and O–H groups in total. The highest BCUT2D eigenvalue weighted by molar-refractivity contribution is 9.10. The first kappa shape index (κ1) is 14.1. The Balaban J connectivity index is 2.24. The SMILES string of the molecule is CCCCn1cc(C)nc1Nc1cc(F)ccc1Br. The number of benzene rings is 1. The summed E-state index contributed by atoms with van der Waals surface area (Å²) in [6.07, 6.45) is 4.22. The van der Waals surface area contributed by atoms with Gasteiger partial charge in [-0.25, -0.2) is 9.37 Å². The van der Waals surface area contributed by atoms with E-state index >= 15 is 0 Å². The lowest BCUT2D eigenvalue weighted by molar-refractivity contribution is 0.627. The standard InChI is InChI=1S/C14H17BrFN3/c1-3-4-7-19-9-10(2)17-14(19)18-13-8-11(16)5-6-12(13)15/h5-6,8-9H,3-4,7H2,1-2H3,(H,17,18). The van der Waals surface area contributed by atoms with E-state index < -0.39 is 0 Å². The molecule has 0 spiro atoms. The molecule has 0 bridgehead atoms. The van der Waals surface area contributed by atoms with Gasteiger partial charge < -0.3 is 9.88 Å². The van der Waals surface area contributed by atoms with Crippen LogP contribution in [-0.4, -0.2) is 9.55 Å². The maximum atomic E-state index is 13.3. The van der Waals surface area contributed by atoms with Crippen molar-refractivity contribution in [3.8, 4) is 0 Å². The van der Waals surface area contributed by atoms with Gasteiger partial charge >= 0.3 is 0 Å². The number of nitrogens with zero attached hydrogens (tertiary/aromatic N) is 2. The maximum Gasteiger partial charge on any atom is 0.207 e. The lowest BCUT2D eigenvalue weighted by Gasteiger charge is -2.10. The molecular weight excluding hydrogens is 309 g/mol. The molecular formula is C14H17BrFN3. The molecule has 5 heteroatoms. The summed E-state index contributed by atoms with van der Waals surface area (Å²) in [4.78, 5) is 4.44. The lowest BCUT2D eigenvalue weighted by atomic mass is 10.3. The Morgan fingerprint density at radius 1 is 1.42 bits per heavy atom. The van der Waals surface area contributed by atoms with E-state index in [2.05, 4.69) is 37.7 Å². The minimum atomic E-state index is -0.269. The number of halogens is 2. The predicted octanol–water partition coefficient (Wildman–Crippen LogP) is 4.64. The van der Waals surface area contributed by atoms with Crippen LogP contribution in [0.3, 0.4) is 0 Å². The van der Waals surface area contributed by atoms with E-state index in [-0.39, 0.29) is 5.82 Å². The van der Waals surface area contributed by atoms with Crippen LogP contribution in [0.2, 0.25) is 0 Å². The molecule has 0 fully saturated rings. The molecule has 2 aromatic rings. The Morgan fingerprint density at radius 3 is 2.95 bits per heavy atom. The number of rotatable bonds is 5. The van der Waals surface area contributed by atoms with Gasteiger partial charge in [0.1, 0.15) is 5.82 Å². The Hall–Kier alpha value is -1.36. The third-order valence-electron chi connectivity index (χ3n) is 2.82. The summed E-state index contributed by atoms with van der Waals surface area (Å²) in [6, 6.07) is 4.56. The first-order valence-corrected chi connectivity index (χ1v) is 7.15. The molecule has 0 aliphatic carbocycles. The monoisotopic (exact) mass is 325 g/mol. The van der Waals surface area contributed by atoms with E-state index in [1.807, 2.05) is 13.1 Å². The number of nitrogens with one attached hydrogen (secondary N) is 1. The summed E-state index contributed by atoms with van der Waals surface area (Å²) in [7, 11) is 0. The summed E-state index contributed by atoms with van der Waals surface area (Å²) in [6.45, 7) is 5.01. The minimum Gasteiger partial charge on any atom is -0.324 e. The van der Waals surface area contributed by atoms with E-state index in [9.17, 15) is 4.39 Å². The molecule has 0 amide bonds. The van der Waals surface area contributed by atoms with Crippen molar-refractivity contribution in [1.82, 2.24) is 9.55 Å². The van der Waals surface area contributed by atoms with Crippen LogP contribution in [0.4, 0.5) is 16.0 Å². The smallest absolute Gasteiger partial charge is 0.207 e. The first-order chi connectivity index (χ1) is 9.10. The highest BCUT2D eigenvalue weighted by atomic mass is 79.9. The zero-order chi connectivity index (χ0) is 13.8. The number of anilines is 2. The number of hydrogen-bond donors (Lipinski definition) is 1. The van der Waals surface area contributed by atoms with Crippen LogP contribution in [0, 0.1) is 12.7 Å².